The molecule has 2 rings (SSSR count). The molecular formula is C15H17BrFN3OS. The molecule has 0 aliphatic carbocycles. The number of aromatic nitrogens is 2. The van der Waals surface area contributed by atoms with Crippen LogP contribution in [0.4, 0.5) is 9.18 Å². The van der Waals surface area contributed by atoms with E-state index in [1.807, 2.05) is 20.8 Å². The van der Waals surface area contributed by atoms with E-state index in [2.05, 4.69) is 21.0 Å². The molecule has 1 aromatic carbocycles. The first-order valence-corrected chi connectivity index (χ1v) is 8.55. The van der Waals surface area contributed by atoms with Crippen molar-refractivity contribution in [3.05, 3.63) is 40.2 Å². The van der Waals surface area contributed by atoms with Gasteiger partial charge in [0.15, 0.2) is 0 Å². The summed E-state index contributed by atoms with van der Waals surface area (Å²) in [5.41, 5.74) is 0.971. The van der Waals surface area contributed by atoms with Gasteiger partial charge < -0.3 is 4.90 Å². The van der Waals surface area contributed by atoms with E-state index in [1.165, 1.54) is 22.5 Å². The molecule has 0 bridgehead atoms. The first-order chi connectivity index (χ1) is 10.5. The third kappa shape index (κ3) is 3.70. The Balaban J connectivity index is 2.27. The summed E-state index contributed by atoms with van der Waals surface area (Å²) >= 11 is 4.58. The summed E-state index contributed by atoms with van der Waals surface area (Å²) in [6.45, 7) is 6.96. The molecule has 118 valence electrons. The fraction of sp³-hybridized carbons (Fsp3) is 0.333. The molecule has 22 heavy (non-hydrogen) atoms. The summed E-state index contributed by atoms with van der Waals surface area (Å²) in [5.74, 6) is -0.299. The Morgan fingerprint density at radius 3 is 2.73 bits per heavy atom. The monoisotopic (exact) mass is 385 g/mol. The molecule has 2 aromatic rings. The van der Waals surface area contributed by atoms with Crippen LogP contribution in [0.25, 0.3) is 0 Å². The van der Waals surface area contributed by atoms with Gasteiger partial charge in [0.2, 0.25) is 0 Å². The third-order valence-electron chi connectivity index (χ3n) is 3.16. The van der Waals surface area contributed by atoms with Crippen molar-refractivity contribution in [2.24, 2.45) is 0 Å². The van der Waals surface area contributed by atoms with E-state index < -0.39 is 0 Å². The molecule has 1 heterocycles. The fourth-order valence-corrected chi connectivity index (χ4v) is 3.35. The minimum absolute atomic E-state index is 0.192. The summed E-state index contributed by atoms with van der Waals surface area (Å²) < 4.78 is 15.8. The molecule has 0 fully saturated rings. The van der Waals surface area contributed by atoms with Crippen LogP contribution >= 0.6 is 27.7 Å². The SMILES string of the molecule is CCN(CC)C(=O)n1cc(Br)c(Sc2cc(C)ccc2F)n1. The maximum Gasteiger partial charge on any atom is 0.344 e. The van der Waals surface area contributed by atoms with Crippen LogP contribution in [0.5, 0.6) is 0 Å². The summed E-state index contributed by atoms with van der Waals surface area (Å²) in [6.07, 6.45) is 1.61. The van der Waals surface area contributed by atoms with Crippen molar-refractivity contribution in [1.29, 1.82) is 0 Å². The maximum absolute atomic E-state index is 13.8. The second-order valence-corrected chi connectivity index (χ2v) is 6.60. The summed E-state index contributed by atoms with van der Waals surface area (Å²) in [4.78, 5) is 14.4. The number of benzene rings is 1. The lowest BCUT2D eigenvalue weighted by Gasteiger charge is -2.17. The van der Waals surface area contributed by atoms with Crippen molar-refractivity contribution in [3.8, 4) is 0 Å². The lowest BCUT2D eigenvalue weighted by Crippen LogP contribution is -2.34. The molecule has 0 saturated carbocycles. The number of hydrogen-bond acceptors (Lipinski definition) is 3. The summed E-state index contributed by atoms with van der Waals surface area (Å²) in [5, 5.41) is 4.83. The van der Waals surface area contributed by atoms with Gasteiger partial charge in [0, 0.05) is 18.0 Å². The zero-order valence-corrected chi connectivity index (χ0v) is 15.0. The minimum Gasteiger partial charge on any atom is -0.323 e. The van der Waals surface area contributed by atoms with E-state index in [0.717, 1.165) is 5.56 Å². The predicted octanol–water partition coefficient (Wildman–Crippen LogP) is 4.55. The van der Waals surface area contributed by atoms with Crippen molar-refractivity contribution < 1.29 is 9.18 Å². The lowest BCUT2D eigenvalue weighted by atomic mass is 10.2. The van der Waals surface area contributed by atoms with Crippen LogP contribution in [0.1, 0.15) is 19.4 Å². The van der Waals surface area contributed by atoms with Gasteiger partial charge in [-0.05, 0) is 54.4 Å². The quantitative estimate of drug-likeness (QED) is 0.774. The van der Waals surface area contributed by atoms with Crippen LogP contribution in [-0.4, -0.2) is 33.8 Å². The standard InChI is InChI=1S/C15H17BrFN3OS/c1-4-19(5-2)15(21)20-9-11(16)14(18-20)22-13-8-10(3)6-7-12(13)17/h6-9H,4-5H2,1-3H3. The first-order valence-electron chi connectivity index (χ1n) is 6.94. The molecule has 0 spiro atoms. The van der Waals surface area contributed by atoms with Gasteiger partial charge in [-0.1, -0.05) is 17.8 Å². The molecule has 0 atom stereocenters. The Morgan fingerprint density at radius 1 is 1.41 bits per heavy atom. The fourth-order valence-electron chi connectivity index (χ4n) is 1.94. The Morgan fingerprint density at radius 2 is 2.09 bits per heavy atom. The number of amides is 1. The highest BCUT2D eigenvalue weighted by Gasteiger charge is 2.17. The summed E-state index contributed by atoms with van der Waals surface area (Å²) in [7, 11) is 0. The lowest BCUT2D eigenvalue weighted by molar-refractivity contribution is 0.201. The van der Waals surface area contributed by atoms with Gasteiger partial charge in [-0.2, -0.15) is 9.78 Å². The number of hydrogen-bond donors (Lipinski definition) is 0. The largest absolute Gasteiger partial charge is 0.344 e. The number of carbonyl (C=O) groups is 1. The molecule has 0 N–H and O–H groups in total. The van der Waals surface area contributed by atoms with Gasteiger partial charge in [0.05, 0.1) is 10.7 Å². The molecule has 0 unspecified atom stereocenters. The van der Waals surface area contributed by atoms with Crippen LogP contribution in [0.3, 0.4) is 0 Å². The molecule has 4 nitrogen and oxygen atoms in total. The molecule has 0 aliphatic heterocycles. The van der Waals surface area contributed by atoms with E-state index in [9.17, 15) is 9.18 Å². The van der Waals surface area contributed by atoms with Crippen LogP contribution in [0, 0.1) is 12.7 Å². The Bertz CT molecular complexity index is 685. The van der Waals surface area contributed by atoms with E-state index >= 15 is 0 Å². The van der Waals surface area contributed by atoms with Crippen LogP contribution in [-0.2, 0) is 0 Å². The molecule has 1 amide bonds. The highest BCUT2D eigenvalue weighted by molar-refractivity contribution is 9.10. The van der Waals surface area contributed by atoms with Gasteiger partial charge in [-0.15, -0.1) is 0 Å². The Kier molecular flexibility index (Phi) is 5.63. The van der Waals surface area contributed by atoms with Gasteiger partial charge in [0.25, 0.3) is 0 Å². The second-order valence-electron chi connectivity index (χ2n) is 4.72. The molecular weight excluding hydrogens is 369 g/mol. The topological polar surface area (TPSA) is 38.1 Å². The van der Waals surface area contributed by atoms with E-state index in [-0.39, 0.29) is 11.8 Å². The van der Waals surface area contributed by atoms with Gasteiger partial charge in [-0.25, -0.2) is 9.18 Å². The maximum atomic E-state index is 13.8. The van der Waals surface area contributed by atoms with E-state index in [4.69, 9.17) is 0 Å². The molecule has 7 heteroatoms. The second kappa shape index (κ2) is 7.28. The van der Waals surface area contributed by atoms with Crippen molar-refractivity contribution >= 4 is 33.7 Å². The number of nitrogens with zero attached hydrogens (tertiary/aromatic N) is 3. The van der Waals surface area contributed by atoms with Gasteiger partial charge >= 0.3 is 6.03 Å². The van der Waals surface area contributed by atoms with Crippen molar-refractivity contribution in [1.82, 2.24) is 14.7 Å². The van der Waals surface area contributed by atoms with Gasteiger partial charge in [-0.3, -0.25) is 0 Å². The zero-order valence-electron chi connectivity index (χ0n) is 12.6. The molecule has 0 radical (unpaired) electrons. The molecule has 1 aromatic heterocycles. The van der Waals surface area contributed by atoms with E-state index in [0.29, 0.717) is 27.5 Å². The highest BCUT2D eigenvalue weighted by atomic mass is 79.9. The van der Waals surface area contributed by atoms with Crippen LogP contribution in [0.15, 0.2) is 38.8 Å². The average molecular weight is 386 g/mol. The van der Waals surface area contributed by atoms with Crippen LogP contribution in [0.2, 0.25) is 0 Å². The predicted molar refractivity (Wildman–Crippen MR) is 88.9 cm³/mol. The number of rotatable bonds is 4. The zero-order chi connectivity index (χ0) is 16.3. The van der Waals surface area contributed by atoms with E-state index in [1.54, 1.807) is 23.2 Å². The number of aryl methyl sites for hydroxylation is 1. The van der Waals surface area contributed by atoms with Crippen molar-refractivity contribution in [2.45, 2.75) is 30.7 Å². The Hall–Kier alpha value is -1.34. The summed E-state index contributed by atoms with van der Waals surface area (Å²) in [6, 6.07) is 4.72. The van der Waals surface area contributed by atoms with Crippen LogP contribution < -0.4 is 0 Å². The third-order valence-corrected chi connectivity index (χ3v) is 5.03. The number of halogens is 2. The molecule has 0 saturated heterocycles. The number of carbonyl (C=O) groups excluding carboxylic acids is 1. The van der Waals surface area contributed by atoms with Crippen molar-refractivity contribution in [3.63, 3.8) is 0 Å². The molecule has 0 aliphatic rings. The smallest absolute Gasteiger partial charge is 0.323 e. The first kappa shape index (κ1) is 17.0. The van der Waals surface area contributed by atoms with Gasteiger partial charge in [0.1, 0.15) is 10.8 Å². The average Bonchev–Trinajstić information content (AvgIpc) is 2.85. The normalized spacial score (nSPS) is 10.8. The highest BCUT2D eigenvalue weighted by Crippen LogP contribution is 2.34. The Labute approximate surface area is 141 Å². The minimum atomic E-state index is -0.299. The van der Waals surface area contributed by atoms with Crippen molar-refractivity contribution in [2.75, 3.05) is 13.1 Å².